The van der Waals surface area contributed by atoms with Crippen LogP contribution in [0.4, 0.5) is 0 Å². The fourth-order valence-electron chi connectivity index (χ4n) is 2.23. The Labute approximate surface area is 95.0 Å². The Kier molecular flexibility index (Phi) is 2.21. The van der Waals surface area contributed by atoms with E-state index < -0.39 is 0 Å². The molecule has 16 heavy (non-hydrogen) atoms. The van der Waals surface area contributed by atoms with Gasteiger partial charge in [-0.3, -0.25) is 4.79 Å². The molecule has 3 nitrogen and oxygen atoms in total. The SMILES string of the molecule is NC1CC1C(=O)NC1CC1c1ccccc1. The lowest BCUT2D eigenvalue weighted by Crippen LogP contribution is -2.30. The third-order valence-corrected chi connectivity index (χ3v) is 3.52. The lowest BCUT2D eigenvalue weighted by atomic mass is 10.1. The monoisotopic (exact) mass is 216 g/mol. The van der Waals surface area contributed by atoms with Crippen LogP contribution in [0.2, 0.25) is 0 Å². The molecule has 2 aliphatic rings. The van der Waals surface area contributed by atoms with Gasteiger partial charge in [-0.2, -0.15) is 0 Å². The molecule has 2 fully saturated rings. The summed E-state index contributed by atoms with van der Waals surface area (Å²) in [6.07, 6.45) is 1.92. The molecule has 1 amide bonds. The molecule has 0 heterocycles. The normalized spacial score (nSPS) is 35.6. The third-order valence-electron chi connectivity index (χ3n) is 3.52. The average molecular weight is 216 g/mol. The molecule has 0 aliphatic heterocycles. The van der Waals surface area contributed by atoms with Crippen molar-refractivity contribution in [3.8, 4) is 0 Å². The molecule has 1 aromatic rings. The van der Waals surface area contributed by atoms with Crippen LogP contribution in [-0.2, 0) is 4.79 Å². The van der Waals surface area contributed by atoms with Crippen molar-refractivity contribution in [3.05, 3.63) is 35.9 Å². The van der Waals surface area contributed by atoms with Crippen LogP contribution in [0.3, 0.4) is 0 Å². The lowest BCUT2D eigenvalue weighted by molar-refractivity contribution is -0.122. The van der Waals surface area contributed by atoms with E-state index in [2.05, 4.69) is 17.4 Å². The number of hydrogen-bond acceptors (Lipinski definition) is 2. The molecule has 3 heteroatoms. The van der Waals surface area contributed by atoms with E-state index in [9.17, 15) is 4.79 Å². The van der Waals surface area contributed by atoms with E-state index in [0.717, 1.165) is 12.8 Å². The van der Waals surface area contributed by atoms with Gasteiger partial charge in [0, 0.05) is 18.0 Å². The van der Waals surface area contributed by atoms with Crippen molar-refractivity contribution >= 4 is 5.91 Å². The first-order chi connectivity index (χ1) is 7.75. The van der Waals surface area contributed by atoms with E-state index in [-0.39, 0.29) is 17.9 Å². The summed E-state index contributed by atoms with van der Waals surface area (Å²) in [6.45, 7) is 0. The summed E-state index contributed by atoms with van der Waals surface area (Å²) < 4.78 is 0. The molecule has 0 saturated heterocycles. The van der Waals surface area contributed by atoms with Crippen molar-refractivity contribution in [2.75, 3.05) is 0 Å². The van der Waals surface area contributed by atoms with Crippen LogP contribution in [0.15, 0.2) is 30.3 Å². The van der Waals surface area contributed by atoms with Crippen molar-refractivity contribution < 1.29 is 4.79 Å². The Morgan fingerprint density at radius 2 is 1.94 bits per heavy atom. The van der Waals surface area contributed by atoms with Gasteiger partial charge in [-0.05, 0) is 18.4 Å². The maximum Gasteiger partial charge on any atom is 0.224 e. The van der Waals surface area contributed by atoms with Gasteiger partial charge in [-0.15, -0.1) is 0 Å². The van der Waals surface area contributed by atoms with Crippen molar-refractivity contribution in [3.63, 3.8) is 0 Å². The number of benzene rings is 1. The summed E-state index contributed by atoms with van der Waals surface area (Å²) in [7, 11) is 0. The van der Waals surface area contributed by atoms with E-state index in [4.69, 9.17) is 5.73 Å². The predicted octanol–water partition coefficient (Wildman–Crippen LogP) is 1.01. The van der Waals surface area contributed by atoms with Crippen LogP contribution in [0.25, 0.3) is 0 Å². The highest BCUT2D eigenvalue weighted by Crippen LogP contribution is 2.41. The van der Waals surface area contributed by atoms with Crippen molar-refractivity contribution in [2.45, 2.75) is 30.8 Å². The van der Waals surface area contributed by atoms with Gasteiger partial charge in [0.1, 0.15) is 0 Å². The van der Waals surface area contributed by atoms with E-state index in [1.807, 2.05) is 18.2 Å². The van der Waals surface area contributed by atoms with Crippen LogP contribution in [0.5, 0.6) is 0 Å². The molecule has 1 aromatic carbocycles. The van der Waals surface area contributed by atoms with E-state index in [1.165, 1.54) is 5.56 Å². The fraction of sp³-hybridized carbons (Fsp3) is 0.462. The topological polar surface area (TPSA) is 55.1 Å². The molecular formula is C13H16N2O. The van der Waals surface area contributed by atoms with E-state index in [0.29, 0.717) is 12.0 Å². The smallest absolute Gasteiger partial charge is 0.224 e. The molecule has 3 N–H and O–H groups in total. The van der Waals surface area contributed by atoms with Crippen LogP contribution < -0.4 is 11.1 Å². The quantitative estimate of drug-likeness (QED) is 0.792. The minimum atomic E-state index is 0.0806. The zero-order chi connectivity index (χ0) is 11.1. The van der Waals surface area contributed by atoms with Crippen LogP contribution in [-0.4, -0.2) is 18.0 Å². The molecule has 3 rings (SSSR count). The standard InChI is InChI=1S/C13H16N2O/c14-11-6-10(11)13(16)15-12-7-9(12)8-4-2-1-3-5-8/h1-5,9-12H,6-7,14H2,(H,15,16). The van der Waals surface area contributed by atoms with Crippen LogP contribution in [0, 0.1) is 5.92 Å². The maximum absolute atomic E-state index is 11.7. The Balaban J connectivity index is 1.55. The predicted molar refractivity (Wildman–Crippen MR) is 61.8 cm³/mol. The first-order valence-electron chi connectivity index (χ1n) is 5.86. The second-order valence-electron chi connectivity index (χ2n) is 4.87. The molecule has 4 atom stereocenters. The zero-order valence-corrected chi connectivity index (χ0v) is 9.10. The summed E-state index contributed by atoms with van der Waals surface area (Å²) in [6, 6.07) is 10.8. The van der Waals surface area contributed by atoms with E-state index >= 15 is 0 Å². The summed E-state index contributed by atoms with van der Waals surface area (Å²) in [5.74, 6) is 0.744. The highest BCUT2D eigenvalue weighted by Gasteiger charge is 2.45. The fourth-order valence-corrected chi connectivity index (χ4v) is 2.23. The second kappa shape index (κ2) is 3.59. The number of rotatable bonds is 3. The van der Waals surface area contributed by atoms with E-state index in [1.54, 1.807) is 0 Å². The Morgan fingerprint density at radius 1 is 1.25 bits per heavy atom. The molecule has 84 valence electrons. The molecule has 0 radical (unpaired) electrons. The molecule has 2 aliphatic carbocycles. The lowest BCUT2D eigenvalue weighted by Gasteiger charge is -2.03. The number of hydrogen-bond donors (Lipinski definition) is 2. The highest BCUT2D eigenvalue weighted by atomic mass is 16.2. The summed E-state index contributed by atoms with van der Waals surface area (Å²) in [4.78, 5) is 11.7. The summed E-state index contributed by atoms with van der Waals surface area (Å²) in [5, 5.41) is 3.08. The molecule has 0 aromatic heterocycles. The van der Waals surface area contributed by atoms with Crippen molar-refractivity contribution in [1.29, 1.82) is 0 Å². The van der Waals surface area contributed by atoms with Crippen molar-refractivity contribution in [1.82, 2.24) is 5.32 Å². The Hall–Kier alpha value is -1.35. The number of nitrogens with two attached hydrogens (primary N) is 1. The minimum absolute atomic E-state index is 0.0806. The van der Waals surface area contributed by atoms with Gasteiger partial charge < -0.3 is 11.1 Å². The highest BCUT2D eigenvalue weighted by molar-refractivity contribution is 5.83. The molecule has 2 saturated carbocycles. The first-order valence-corrected chi connectivity index (χ1v) is 5.86. The molecule has 0 spiro atoms. The number of carbonyl (C=O) groups excluding carboxylic acids is 1. The molecular weight excluding hydrogens is 200 g/mol. The Bertz CT molecular complexity index is 404. The zero-order valence-electron chi connectivity index (χ0n) is 9.10. The van der Waals surface area contributed by atoms with Gasteiger partial charge >= 0.3 is 0 Å². The van der Waals surface area contributed by atoms with Gasteiger partial charge in [0.2, 0.25) is 5.91 Å². The van der Waals surface area contributed by atoms with Gasteiger partial charge in [0.25, 0.3) is 0 Å². The van der Waals surface area contributed by atoms with Gasteiger partial charge in [-0.1, -0.05) is 30.3 Å². The van der Waals surface area contributed by atoms with Crippen molar-refractivity contribution in [2.24, 2.45) is 11.7 Å². The Morgan fingerprint density at radius 3 is 2.56 bits per heavy atom. The van der Waals surface area contributed by atoms with Gasteiger partial charge in [-0.25, -0.2) is 0 Å². The van der Waals surface area contributed by atoms with Crippen LogP contribution >= 0.6 is 0 Å². The largest absolute Gasteiger partial charge is 0.352 e. The van der Waals surface area contributed by atoms with Crippen LogP contribution in [0.1, 0.15) is 24.3 Å². The number of nitrogens with one attached hydrogen (secondary N) is 1. The number of carbonyl (C=O) groups is 1. The third kappa shape index (κ3) is 1.83. The second-order valence-corrected chi connectivity index (χ2v) is 4.87. The minimum Gasteiger partial charge on any atom is -0.352 e. The number of amides is 1. The molecule has 4 unspecified atom stereocenters. The average Bonchev–Trinajstić information content (AvgIpc) is 3.17. The van der Waals surface area contributed by atoms with Gasteiger partial charge in [0.15, 0.2) is 0 Å². The first kappa shape index (κ1) is 9.85. The summed E-state index contributed by atoms with van der Waals surface area (Å²) >= 11 is 0. The van der Waals surface area contributed by atoms with Gasteiger partial charge in [0.05, 0.1) is 5.92 Å². The molecule has 0 bridgehead atoms. The summed E-state index contributed by atoms with van der Waals surface area (Å²) in [5.41, 5.74) is 6.98. The maximum atomic E-state index is 11.7.